The Morgan fingerprint density at radius 3 is 2.09 bits per heavy atom. The van der Waals surface area contributed by atoms with E-state index in [0.29, 0.717) is 38.1 Å². The monoisotopic (exact) mass is 445 g/mol. The zero-order chi connectivity index (χ0) is 21.9. The van der Waals surface area contributed by atoms with Crippen molar-refractivity contribution in [3.8, 4) is 0 Å². The summed E-state index contributed by atoms with van der Waals surface area (Å²) < 4.78 is 14.9. The molecule has 4 aromatic rings. The summed E-state index contributed by atoms with van der Waals surface area (Å²) in [4.78, 5) is 21.8. The lowest BCUT2D eigenvalue weighted by atomic mass is 9.88. The van der Waals surface area contributed by atoms with Gasteiger partial charge >= 0.3 is 0 Å². The number of amides is 1. The largest absolute Gasteiger partial charge is 0.345 e. The molecule has 162 valence electrons. The molecule has 1 aliphatic rings. The number of nitrogens with zero attached hydrogens (tertiary/aromatic N) is 3. The zero-order valence-corrected chi connectivity index (χ0v) is 18.5. The minimum absolute atomic E-state index is 0.0372. The van der Waals surface area contributed by atoms with Crippen LogP contribution >= 0.6 is 11.3 Å². The molecule has 2 heterocycles. The molecule has 0 atom stereocenters. The van der Waals surface area contributed by atoms with Crippen LogP contribution < -0.4 is 4.90 Å². The molecular weight excluding hydrogens is 421 g/mol. The van der Waals surface area contributed by atoms with Crippen molar-refractivity contribution in [2.45, 2.75) is 12.3 Å². The summed E-state index contributed by atoms with van der Waals surface area (Å²) >= 11 is 1.50. The van der Waals surface area contributed by atoms with Crippen molar-refractivity contribution in [3.05, 3.63) is 95.8 Å². The molecule has 0 N–H and O–H groups in total. The van der Waals surface area contributed by atoms with Crippen LogP contribution in [0.1, 0.15) is 23.5 Å². The number of hydrogen-bond donors (Lipinski definition) is 0. The smallest absolute Gasteiger partial charge is 0.223 e. The van der Waals surface area contributed by atoms with Crippen molar-refractivity contribution in [3.63, 3.8) is 0 Å². The lowest BCUT2D eigenvalue weighted by Crippen LogP contribution is -2.49. The van der Waals surface area contributed by atoms with E-state index in [1.165, 1.54) is 17.4 Å². The molecule has 1 amide bonds. The third kappa shape index (κ3) is 4.23. The van der Waals surface area contributed by atoms with Crippen LogP contribution in [-0.2, 0) is 4.79 Å². The fraction of sp³-hybridized carbons (Fsp3) is 0.231. The predicted molar refractivity (Wildman–Crippen MR) is 128 cm³/mol. The van der Waals surface area contributed by atoms with Crippen LogP contribution in [0.15, 0.2) is 78.9 Å². The van der Waals surface area contributed by atoms with E-state index in [1.807, 2.05) is 47.4 Å². The summed E-state index contributed by atoms with van der Waals surface area (Å²) in [6, 6.07) is 25.5. The summed E-state index contributed by atoms with van der Waals surface area (Å²) in [7, 11) is 0. The Kier molecular flexibility index (Phi) is 5.86. The molecule has 0 bridgehead atoms. The van der Waals surface area contributed by atoms with Gasteiger partial charge in [0.2, 0.25) is 5.91 Å². The average Bonchev–Trinajstić information content (AvgIpc) is 3.29. The fourth-order valence-electron chi connectivity index (χ4n) is 4.29. The average molecular weight is 446 g/mol. The Morgan fingerprint density at radius 1 is 0.875 bits per heavy atom. The Hall–Kier alpha value is -3.25. The highest BCUT2D eigenvalue weighted by Gasteiger charge is 2.26. The van der Waals surface area contributed by atoms with Crippen LogP contribution in [0.4, 0.5) is 9.52 Å². The zero-order valence-electron chi connectivity index (χ0n) is 17.7. The summed E-state index contributed by atoms with van der Waals surface area (Å²) in [5.41, 5.74) is 2.74. The van der Waals surface area contributed by atoms with Gasteiger partial charge in [0.1, 0.15) is 11.3 Å². The fourth-order valence-corrected chi connectivity index (χ4v) is 5.32. The molecule has 4 nitrogen and oxygen atoms in total. The van der Waals surface area contributed by atoms with Crippen molar-refractivity contribution >= 4 is 32.6 Å². The van der Waals surface area contributed by atoms with Crippen molar-refractivity contribution in [2.75, 3.05) is 31.1 Å². The van der Waals surface area contributed by atoms with Gasteiger partial charge in [0.15, 0.2) is 5.13 Å². The first-order chi connectivity index (χ1) is 15.7. The summed E-state index contributed by atoms with van der Waals surface area (Å²) in [6.45, 7) is 2.70. The van der Waals surface area contributed by atoms with Crippen molar-refractivity contribution < 1.29 is 9.18 Å². The highest BCUT2D eigenvalue weighted by Crippen LogP contribution is 2.32. The molecule has 1 aliphatic heterocycles. The van der Waals surface area contributed by atoms with E-state index in [-0.39, 0.29) is 17.6 Å². The van der Waals surface area contributed by atoms with Gasteiger partial charge in [-0.2, -0.15) is 0 Å². The van der Waals surface area contributed by atoms with Crippen LogP contribution in [0.3, 0.4) is 0 Å². The van der Waals surface area contributed by atoms with Crippen molar-refractivity contribution in [2.24, 2.45) is 0 Å². The highest BCUT2D eigenvalue weighted by molar-refractivity contribution is 7.22. The number of carbonyl (C=O) groups is 1. The van der Waals surface area contributed by atoms with Crippen LogP contribution in [0.2, 0.25) is 0 Å². The van der Waals surface area contributed by atoms with Gasteiger partial charge in [-0.05, 0) is 23.3 Å². The molecule has 0 aliphatic carbocycles. The standard InChI is InChI=1S/C26H24FN3OS/c27-22-12-7-13-23-25(22)28-26(32-23)30-16-14-29(15-17-30)24(31)18-21(19-8-3-1-4-9-19)20-10-5-2-6-11-20/h1-13,21H,14-18H2. The number of anilines is 1. The first kappa shape index (κ1) is 20.6. The molecule has 0 unspecified atom stereocenters. The van der Waals surface area contributed by atoms with E-state index in [0.717, 1.165) is 21.0 Å². The van der Waals surface area contributed by atoms with E-state index in [1.54, 1.807) is 6.07 Å². The van der Waals surface area contributed by atoms with Gasteiger partial charge in [-0.15, -0.1) is 0 Å². The first-order valence-corrected chi connectivity index (χ1v) is 11.7. The molecule has 0 spiro atoms. The van der Waals surface area contributed by atoms with Crippen molar-refractivity contribution in [1.82, 2.24) is 9.88 Å². The number of rotatable bonds is 5. The van der Waals surface area contributed by atoms with Gasteiger partial charge in [0, 0.05) is 38.5 Å². The second kappa shape index (κ2) is 9.09. The Bertz CT molecular complexity index is 1160. The van der Waals surface area contributed by atoms with Gasteiger partial charge in [0.05, 0.1) is 4.70 Å². The number of para-hydroxylation sites is 1. The lowest BCUT2D eigenvalue weighted by molar-refractivity contribution is -0.131. The van der Waals surface area contributed by atoms with E-state index in [4.69, 9.17) is 0 Å². The van der Waals surface area contributed by atoms with Crippen LogP contribution in [0.25, 0.3) is 10.2 Å². The summed E-state index contributed by atoms with van der Waals surface area (Å²) in [6.07, 6.45) is 0.445. The minimum Gasteiger partial charge on any atom is -0.345 e. The Balaban J connectivity index is 1.27. The van der Waals surface area contributed by atoms with Crippen LogP contribution in [-0.4, -0.2) is 42.0 Å². The normalized spacial score (nSPS) is 14.3. The van der Waals surface area contributed by atoms with Crippen LogP contribution in [0, 0.1) is 5.82 Å². The number of halogens is 1. The second-order valence-electron chi connectivity index (χ2n) is 8.03. The van der Waals surface area contributed by atoms with Gasteiger partial charge < -0.3 is 9.80 Å². The summed E-state index contributed by atoms with van der Waals surface area (Å²) in [5, 5.41) is 0.823. The molecule has 5 rings (SSSR count). The predicted octanol–water partition coefficient (Wildman–Crippen LogP) is 5.31. The number of carbonyl (C=O) groups excluding carboxylic acids is 1. The number of piperazine rings is 1. The lowest BCUT2D eigenvalue weighted by Gasteiger charge is -2.35. The molecule has 6 heteroatoms. The maximum atomic E-state index is 14.0. The molecule has 0 saturated carbocycles. The molecule has 0 radical (unpaired) electrons. The number of thiazole rings is 1. The molecule has 1 saturated heterocycles. The first-order valence-electron chi connectivity index (χ1n) is 10.9. The third-order valence-corrected chi connectivity index (χ3v) is 7.13. The molecule has 32 heavy (non-hydrogen) atoms. The number of benzene rings is 3. The van der Waals surface area contributed by atoms with E-state index < -0.39 is 0 Å². The highest BCUT2D eigenvalue weighted by atomic mass is 32.1. The minimum atomic E-state index is -0.285. The maximum absolute atomic E-state index is 14.0. The Labute approximate surface area is 190 Å². The summed E-state index contributed by atoms with van der Waals surface area (Å²) in [5.74, 6) is -0.0838. The van der Waals surface area contributed by atoms with E-state index in [9.17, 15) is 9.18 Å². The SMILES string of the molecule is O=C(CC(c1ccccc1)c1ccccc1)N1CCN(c2nc3c(F)cccc3s2)CC1. The third-order valence-electron chi connectivity index (χ3n) is 6.04. The van der Waals surface area contributed by atoms with Crippen LogP contribution in [0.5, 0.6) is 0 Å². The Morgan fingerprint density at radius 2 is 1.50 bits per heavy atom. The van der Waals surface area contributed by atoms with Gasteiger partial charge in [-0.1, -0.05) is 78.1 Å². The topological polar surface area (TPSA) is 36.4 Å². The quantitative estimate of drug-likeness (QED) is 0.418. The molecule has 1 fully saturated rings. The molecular formula is C26H24FN3OS. The number of hydrogen-bond acceptors (Lipinski definition) is 4. The number of fused-ring (bicyclic) bond motifs is 1. The second-order valence-corrected chi connectivity index (χ2v) is 9.04. The van der Waals surface area contributed by atoms with E-state index >= 15 is 0 Å². The van der Waals surface area contributed by atoms with Gasteiger partial charge in [-0.3, -0.25) is 4.79 Å². The molecule has 3 aromatic carbocycles. The number of aromatic nitrogens is 1. The molecule has 1 aromatic heterocycles. The van der Waals surface area contributed by atoms with Gasteiger partial charge in [-0.25, -0.2) is 9.37 Å². The van der Waals surface area contributed by atoms with E-state index in [2.05, 4.69) is 34.1 Å². The van der Waals surface area contributed by atoms with Crippen molar-refractivity contribution in [1.29, 1.82) is 0 Å². The van der Waals surface area contributed by atoms with Gasteiger partial charge in [0.25, 0.3) is 0 Å². The maximum Gasteiger partial charge on any atom is 0.223 e.